The maximum Gasteiger partial charge on any atom is 0.245 e. The average molecular weight is 607 g/mol. The molecule has 0 N–H and O–H groups in total. The van der Waals surface area contributed by atoms with Gasteiger partial charge < -0.3 is 14.4 Å². The molecule has 1 aliphatic carbocycles. The zero-order valence-electron chi connectivity index (χ0n) is 25.3. The molecule has 1 aromatic carbocycles. The van der Waals surface area contributed by atoms with Crippen LogP contribution in [0.2, 0.25) is 0 Å². The molecule has 11 nitrogen and oxygen atoms in total. The van der Waals surface area contributed by atoms with Crippen molar-refractivity contribution in [2.75, 3.05) is 19.8 Å². The highest BCUT2D eigenvalue weighted by Crippen LogP contribution is 2.60. The van der Waals surface area contributed by atoms with Gasteiger partial charge in [0.1, 0.15) is 18.1 Å². The van der Waals surface area contributed by atoms with Gasteiger partial charge in [-0.3, -0.25) is 24.0 Å². The summed E-state index contributed by atoms with van der Waals surface area (Å²) in [6.45, 7) is 4.88. The van der Waals surface area contributed by atoms with Crippen molar-refractivity contribution in [3.05, 3.63) is 83.9 Å². The Bertz CT molecular complexity index is 1830. The second-order valence-corrected chi connectivity index (χ2v) is 12.2. The molecule has 0 radical (unpaired) electrons. The fraction of sp³-hybridized carbons (Fsp3) is 0.382. The maximum absolute atomic E-state index is 14.1. The number of rotatable bonds is 4. The van der Waals surface area contributed by atoms with E-state index in [0.717, 1.165) is 23.1 Å². The number of piperidine rings is 1. The minimum atomic E-state index is -0.599. The summed E-state index contributed by atoms with van der Waals surface area (Å²) in [7, 11) is 0. The Morgan fingerprint density at radius 3 is 2.62 bits per heavy atom. The SMILES string of the molecule is CC(=O)c1nn(CC(=O)N2[C@H]3C[C@@]4(COCC=CCOCc5cccnc5CC3=O)C[C@@H]24)c2ccc(-c3cnc(C)nc3)cc12. The second kappa shape index (κ2) is 11.7. The van der Waals surface area contributed by atoms with Gasteiger partial charge in [0.05, 0.1) is 50.1 Å². The lowest BCUT2D eigenvalue weighted by molar-refractivity contribution is -0.139. The molecule has 7 rings (SSSR count). The highest BCUT2D eigenvalue weighted by molar-refractivity contribution is 6.06. The number of aryl methyl sites for hydroxylation is 1. The van der Waals surface area contributed by atoms with Gasteiger partial charge >= 0.3 is 0 Å². The molecule has 4 aromatic rings. The van der Waals surface area contributed by atoms with Crippen LogP contribution in [0.15, 0.2) is 61.1 Å². The van der Waals surface area contributed by atoms with Crippen LogP contribution < -0.4 is 0 Å². The molecule has 230 valence electrons. The quantitative estimate of drug-likeness (QED) is 0.252. The minimum Gasteiger partial charge on any atom is -0.377 e. The van der Waals surface area contributed by atoms with Crippen molar-refractivity contribution < 1.29 is 23.9 Å². The third-order valence-electron chi connectivity index (χ3n) is 9.13. The molecular weight excluding hydrogens is 572 g/mol. The van der Waals surface area contributed by atoms with Crippen molar-refractivity contribution in [3.8, 4) is 11.1 Å². The molecule has 2 bridgehead atoms. The molecule has 3 atom stereocenters. The van der Waals surface area contributed by atoms with Crippen LogP contribution in [0.3, 0.4) is 0 Å². The molecule has 11 heteroatoms. The van der Waals surface area contributed by atoms with E-state index >= 15 is 0 Å². The smallest absolute Gasteiger partial charge is 0.245 e. The van der Waals surface area contributed by atoms with Gasteiger partial charge in [0, 0.05) is 47.9 Å². The first-order valence-corrected chi connectivity index (χ1v) is 15.2. The number of aromatic nitrogens is 5. The largest absolute Gasteiger partial charge is 0.377 e. The monoisotopic (exact) mass is 606 g/mol. The standard InChI is InChI=1S/C34H34N6O5/c1-21(41)33-26-12-23(25-16-36-22(2)37-17-25)7-8-28(26)39(38-33)18-32(43)40-29-14-34(15-31(34)40)20-45-11-4-3-10-44-19-24-6-5-9-35-27(24)13-30(29)42/h3-9,12,16-17,29,31H,10-11,13-15,18-20H2,1-2H3/t29-,31+,34-/m0/s1. The number of hydrogen-bond donors (Lipinski definition) is 0. The Kier molecular flexibility index (Phi) is 7.58. The third kappa shape index (κ3) is 5.57. The van der Waals surface area contributed by atoms with Gasteiger partial charge in [-0.05, 0) is 49.1 Å². The topological polar surface area (TPSA) is 129 Å². The van der Waals surface area contributed by atoms with E-state index in [9.17, 15) is 14.4 Å². The summed E-state index contributed by atoms with van der Waals surface area (Å²) in [4.78, 5) is 55.5. The van der Waals surface area contributed by atoms with Crippen molar-refractivity contribution in [2.24, 2.45) is 5.41 Å². The van der Waals surface area contributed by atoms with Gasteiger partial charge in [-0.25, -0.2) is 9.97 Å². The maximum atomic E-state index is 14.1. The molecule has 3 aromatic heterocycles. The lowest BCUT2D eigenvalue weighted by Crippen LogP contribution is -2.45. The van der Waals surface area contributed by atoms with E-state index in [1.807, 2.05) is 49.4 Å². The van der Waals surface area contributed by atoms with Gasteiger partial charge in [-0.1, -0.05) is 24.3 Å². The van der Waals surface area contributed by atoms with Crippen LogP contribution >= 0.6 is 0 Å². The molecule has 1 spiro atoms. The van der Waals surface area contributed by atoms with Crippen molar-refractivity contribution in [1.29, 1.82) is 0 Å². The van der Waals surface area contributed by atoms with Crippen molar-refractivity contribution in [2.45, 2.75) is 58.3 Å². The number of carbonyl (C=O) groups excluding carboxylic acids is 3. The summed E-state index contributed by atoms with van der Waals surface area (Å²) < 4.78 is 13.4. The first-order valence-electron chi connectivity index (χ1n) is 15.2. The predicted octanol–water partition coefficient (Wildman–Crippen LogP) is 3.67. The molecule has 0 unspecified atom stereocenters. The van der Waals surface area contributed by atoms with E-state index in [2.05, 4.69) is 20.1 Å². The summed E-state index contributed by atoms with van der Waals surface area (Å²) >= 11 is 0. The molecule has 2 fully saturated rings. The van der Waals surface area contributed by atoms with E-state index in [-0.39, 0.29) is 47.6 Å². The summed E-state index contributed by atoms with van der Waals surface area (Å²) in [5.74, 6) is 0.205. The van der Waals surface area contributed by atoms with Crippen molar-refractivity contribution >= 4 is 28.4 Å². The number of Topliss-reactive ketones (excluding diaryl/α,β-unsaturated/α-hetero) is 2. The van der Waals surface area contributed by atoms with Gasteiger partial charge in [0.2, 0.25) is 5.91 Å². The van der Waals surface area contributed by atoms with E-state index < -0.39 is 6.04 Å². The van der Waals surface area contributed by atoms with Gasteiger partial charge in [0.15, 0.2) is 11.6 Å². The van der Waals surface area contributed by atoms with E-state index in [1.54, 1.807) is 28.2 Å². The van der Waals surface area contributed by atoms with E-state index in [0.29, 0.717) is 55.3 Å². The summed E-state index contributed by atoms with van der Waals surface area (Å²) in [6.07, 6.45) is 10.5. The van der Waals surface area contributed by atoms with E-state index in [1.165, 1.54) is 6.92 Å². The number of benzene rings is 1. The number of ether oxygens (including phenoxy) is 2. The predicted molar refractivity (Wildman–Crippen MR) is 164 cm³/mol. The molecule has 3 aliphatic rings. The number of likely N-dealkylation sites (tertiary alicyclic amines) is 1. The summed E-state index contributed by atoms with van der Waals surface area (Å²) in [5, 5.41) is 5.24. The second-order valence-electron chi connectivity index (χ2n) is 12.2. The number of nitrogens with zero attached hydrogens (tertiary/aromatic N) is 6. The van der Waals surface area contributed by atoms with Crippen LogP contribution in [0.5, 0.6) is 0 Å². The molecule has 1 saturated carbocycles. The van der Waals surface area contributed by atoms with Gasteiger partial charge in [-0.15, -0.1) is 0 Å². The Hall–Kier alpha value is -4.61. The zero-order chi connectivity index (χ0) is 31.1. The fourth-order valence-corrected chi connectivity index (χ4v) is 6.71. The number of carbonyl (C=O) groups is 3. The molecule has 1 amide bonds. The lowest BCUT2D eigenvalue weighted by Gasteiger charge is -2.27. The Balaban J connectivity index is 1.19. The van der Waals surface area contributed by atoms with Crippen molar-refractivity contribution in [3.63, 3.8) is 0 Å². The number of fused-ring (bicyclic) bond motifs is 3. The number of amides is 1. The third-order valence-corrected chi connectivity index (χ3v) is 9.13. The van der Waals surface area contributed by atoms with Crippen LogP contribution in [-0.2, 0) is 38.6 Å². The Morgan fingerprint density at radius 2 is 1.82 bits per heavy atom. The average Bonchev–Trinajstić information content (AvgIpc) is 3.44. The number of ketones is 2. The molecule has 2 aliphatic heterocycles. The first kappa shape index (κ1) is 29.1. The summed E-state index contributed by atoms with van der Waals surface area (Å²) in [6, 6.07) is 8.72. The number of pyridine rings is 1. The van der Waals surface area contributed by atoms with E-state index in [4.69, 9.17) is 9.47 Å². The van der Waals surface area contributed by atoms with Crippen LogP contribution in [0, 0.1) is 12.3 Å². The minimum absolute atomic E-state index is 0.0532. The Morgan fingerprint density at radius 1 is 1.02 bits per heavy atom. The molecule has 1 saturated heterocycles. The van der Waals surface area contributed by atoms with Crippen LogP contribution in [-0.4, -0.2) is 79.0 Å². The van der Waals surface area contributed by atoms with Gasteiger partial charge in [-0.2, -0.15) is 5.10 Å². The Labute approximate surface area is 260 Å². The van der Waals surface area contributed by atoms with Crippen LogP contribution in [0.1, 0.15) is 47.3 Å². The molecule has 5 heterocycles. The number of hydrogen-bond acceptors (Lipinski definition) is 9. The molecular formula is C34H34N6O5. The fourth-order valence-electron chi connectivity index (χ4n) is 6.71. The highest BCUT2D eigenvalue weighted by Gasteiger charge is 2.67. The van der Waals surface area contributed by atoms with Crippen molar-refractivity contribution in [1.82, 2.24) is 29.6 Å². The highest BCUT2D eigenvalue weighted by atomic mass is 16.5. The van der Waals surface area contributed by atoms with Crippen LogP contribution in [0.25, 0.3) is 22.0 Å². The lowest BCUT2D eigenvalue weighted by atomic mass is 9.95. The summed E-state index contributed by atoms with van der Waals surface area (Å²) in [5.41, 5.74) is 3.88. The van der Waals surface area contributed by atoms with Gasteiger partial charge in [0.25, 0.3) is 0 Å². The molecule has 45 heavy (non-hydrogen) atoms. The zero-order valence-corrected chi connectivity index (χ0v) is 25.3. The first-order chi connectivity index (χ1) is 21.8. The normalized spacial score (nSPS) is 23.2. The van der Waals surface area contributed by atoms with Crippen LogP contribution in [0.4, 0.5) is 0 Å².